The smallest absolute Gasteiger partial charge is 0.292 e. The first-order chi connectivity index (χ1) is 9.25. The van der Waals surface area contributed by atoms with E-state index in [0.29, 0.717) is 0 Å². The molecule has 4 heteroatoms. The molecule has 4 rings (SSSR count). The molecule has 0 saturated carbocycles. The summed E-state index contributed by atoms with van der Waals surface area (Å²) in [6.45, 7) is 1.88. The van der Waals surface area contributed by atoms with Gasteiger partial charge in [0, 0.05) is 10.4 Å². The topological polar surface area (TPSA) is 40.0 Å². The minimum absolute atomic E-state index is 0.0640. The van der Waals surface area contributed by atoms with E-state index < -0.39 is 0 Å². The Kier molecular flexibility index (Phi) is 2.17. The zero-order chi connectivity index (χ0) is 13.0. The molecule has 0 radical (unpaired) electrons. The zero-order valence-corrected chi connectivity index (χ0v) is 11.3. The number of fused-ring (bicyclic) bond motifs is 5. The molecule has 0 bridgehead atoms. The van der Waals surface area contributed by atoms with Gasteiger partial charge in [-0.25, -0.2) is 0 Å². The molecule has 0 aliphatic heterocycles. The van der Waals surface area contributed by atoms with Crippen LogP contribution in [0.5, 0.6) is 5.88 Å². The summed E-state index contributed by atoms with van der Waals surface area (Å²) in [4.78, 5) is 6.42. The molecule has 0 unspecified atom stereocenters. The lowest BCUT2D eigenvalue weighted by atomic mass is 9.90. The largest absolute Gasteiger partial charge is 0.841 e. The van der Waals surface area contributed by atoms with E-state index in [1.54, 1.807) is 22.1 Å². The Labute approximate surface area is 114 Å². The van der Waals surface area contributed by atoms with Crippen LogP contribution in [0.25, 0.3) is 16.1 Å². The second-order valence-corrected chi connectivity index (χ2v) is 6.07. The lowest BCUT2D eigenvalue weighted by Crippen LogP contribution is -2.27. The minimum atomic E-state index is 0.0640. The third kappa shape index (κ3) is 1.43. The highest BCUT2D eigenvalue weighted by molar-refractivity contribution is 7.17. The normalized spacial score (nSPS) is 13.3. The van der Waals surface area contributed by atoms with Crippen molar-refractivity contribution in [1.29, 1.82) is 0 Å². The summed E-state index contributed by atoms with van der Waals surface area (Å²) >= 11 is 1.58. The van der Waals surface area contributed by atoms with E-state index in [9.17, 15) is 5.11 Å². The van der Waals surface area contributed by atoms with Crippen LogP contribution in [0, 0.1) is 6.92 Å². The Bertz CT molecular complexity index is 807. The van der Waals surface area contributed by atoms with Gasteiger partial charge in [0.2, 0.25) is 0 Å². The summed E-state index contributed by atoms with van der Waals surface area (Å²) in [7, 11) is 0. The van der Waals surface area contributed by atoms with Crippen molar-refractivity contribution in [3.63, 3.8) is 0 Å². The zero-order valence-electron chi connectivity index (χ0n) is 10.5. The second-order valence-electron chi connectivity index (χ2n) is 4.87. The second kappa shape index (κ2) is 3.78. The van der Waals surface area contributed by atoms with Gasteiger partial charge in [-0.3, -0.25) is 0 Å². The molecular formula is C15H12N2OS. The summed E-state index contributed by atoms with van der Waals surface area (Å²) in [6.07, 6.45) is 3.65. The summed E-state index contributed by atoms with van der Waals surface area (Å²) in [6, 6.07) is 8.40. The summed E-state index contributed by atoms with van der Waals surface area (Å²) in [5, 5.41) is 12.0. The Morgan fingerprint density at radius 1 is 1.26 bits per heavy atom. The lowest BCUT2D eigenvalue weighted by molar-refractivity contribution is -0.584. The van der Waals surface area contributed by atoms with Crippen molar-refractivity contribution in [2.45, 2.75) is 19.8 Å². The standard InChI is InChI=1S/C15H12N2OS/c1-9-14(18)17-8-16-13-11-5-3-2-4-10(11)6-7-12(13)15(17)19-9/h2-5,8H,6-7H2,1H3. The first kappa shape index (κ1) is 10.9. The van der Waals surface area contributed by atoms with Crippen LogP contribution < -0.4 is 9.51 Å². The predicted molar refractivity (Wildman–Crippen MR) is 72.3 cm³/mol. The van der Waals surface area contributed by atoms with Crippen LogP contribution in [0.2, 0.25) is 0 Å². The van der Waals surface area contributed by atoms with Gasteiger partial charge >= 0.3 is 0 Å². The van der Waals surface area contributed by atoms with Crippen molar-refractivity contribution >= 4 is 16.2 Å². The Balaban J connectivity index is 2.09. The molecule has 1 aliphatic rings. The number of aromatic nitrogens is 2. The van der Waals surface area contributed by atoms with Crippen LogP contribution in [0.3, 0.4) is 0 Å². The van der Waals surface area contributed by atoms with Crippen molar-refractivity contribution in [3.8, 4) is 17.1 Å². The third-order valence-electron chi connectivity index (χ3n) is 3.75. The van der Waals surface area contributed by atoms with Crippen LogP contribution in [-0.2, 0) is 12.8 Å². The highest BCUT2D eigenvalue weighted by Gasteiger charge is 2.26. The van der Waals surface area contributed by atoms with E-state index >= 15 is 0 Å². The molecule has 19 heavy (non-hydrogen) atoms. The first-order valence-electron chi connectivity index (χ1n) is 6.33. The molecule has 1 aromatic carbocycles. The number of aryl methyl sites for hydroxylation is 3. The van der Waals surface area contributed by atoms with Crippen LogP contribution >= 0.6 is 11.3 Å². The number of hydrogen-bond donors (Lipinski definition) is 0. The molecule has 2 heterocycles. The fourth-order valence-corrected chi connectivity index (χ4v) is 3.82. The van der Waals surface area contributed by atoms with Crippen molar-refractivity contribution in [2.24, 2.45) is 0 Å². The number of thiazole rings is 1. The molecular weight excluding hydrogens is 256 g/mol. The first-order valence-corrected chi connectivity index (χ1v) is 7.15. The molecule has 3 nitrogen and oxygen atoms in total. The number of nitrogens with zero attached hydrogens (tertiary/aromatic N) is 2. The van der Waals surface area contributed by atoms with Gasteiger partial charge in [0.15, 0.2) is 10.5 Å². The van der Waals surface area contributed by atoms with Crippen molar-refractivity contribution in [3.05, 3.63) is 46.6 Å². The molecule has 1 aliphatic carbocycles. The van der Waals surface area contributed by atoms with E-state index in [4.69, 9.17) is 0 Å². The number of hydrogen-bond acceptors (Lipinski definition) is 3. The SMILES string of the molecule is Cc1sc2c3c(nc[n+]2c1[O-])-c1ccccc1CC3. The van der Waals surface area contributed by atoms with Gasteiger partial charge in [0.1, 0.15) is 0 Å². The maximum atomic E-state index is 12.0. The van der Waals surface area contributed by atoms with Gasteiger partial charge in [0.05, 0.1) is 11.4 Å². The van der Waals surface area contributed by atoms with Crippen LogP contribution in [0.15, 0.2) is 30.6 Å². The maximum Gasteiger partial charge on any atom is 0.292 e. The molecule has 0 spiro atoms. The highest BCUT2D eigenvalue weighted by Crippen LogP contribution is 2.35. The van der Waals surface area contributed by atoms with Crippen molar-refractivity contribution in [1.82, 2.24) is 4.98 Å². The van der Waals surface area contributed by atoms with Gasteiger partial charge in [-0.1, -0.05) is 35.6 Å². The molecule has 0 saturated heterocycles. The fourth-order valence-electron chi connectivity index (χ4n) is 2.79. The molecule has 3 aromatic rings. The Morgan fingerprint density at radius 2 is 2.11 bits per heavy atom. The number of benzene rings is 1. The van der Waals surface area contributed by atoms with Gasteiger partial charge in [-0.2, -0.15) is 4.40 Å². The third-order valence-corrected chi connectivity index (χ3v) is 4.87. The Morgan fingerprint density at radius 3 is 3.00 bits per heavy atom. The summed E-state index contributed by atoms with van der Waals surface area (Å²) in [5.41, 5.74) is 4.83. The van der Waals surface area contributed by atoms with Crippen LogP contribution in [-0.4, -0.2) is 4.98 Å². The van der Waals surface area contributed by atoms with Gasteiger partial charge < -0.3 is 5.11 Å². The average molecular weight is 268 g/mol. The highest BCUT2D eigenvalue weighted by atomic mass is 32.1. The van der Waals surface area contributed by atoms with E-state index in [1.807, 2.05) is 13.0 Å². The Hall–Kier alpha value is -1.94. The maximum absolute atomic E-state index is 12.0. The van der Waals surface area contributed by atoms with Gasteiger partial charge in [0.25, 0.3) is 6.33 Å². The predicted octanol–water partition coefficient (Wildman–Crippen LogP) is 2.03. The van der Waals surface area contributed by atoms with E-state index in [-0.39, 0.29) is 5.88 Å². The molecule has 2 aromatic heterocycles. The van der Waals surface area contributed by atoms with E-state index in [0.717, 1.165) is 28.2 Å². The fraction of sp³-hybridized carbons (Fsp3) is 0.200. The molecule has 0 amide bonds. The van der Waals surface area contributed by atoms with E-state index in [2.05, 4.69) is 23.2 Å². The van der Waals surface area contributed by atoms with Crippen molar-refractivity contribution < 1.29 is 9.51 Å². The molecule has 94 valence electrons. The van der Waals surface area contributed by atoms with E-state index in [1.165, 1.54) is 16.7 Å². The molecule has 0 fully saturated rings. The quantitative estimate of drug-likeness (QED) is 0.585. The number of rotatable bonds is 0. The summed E-state index contributed by atoms with van der Waals surface area (Å²) < 4.78 is 1.69. The average Bonchev–Trinajstić information content (AvgIpc) is 2.74. The van der Waals surface area contributed by atoms with Gasteiger partial charge in [-0.05, 0) is 30.3 Å². The van der Waals surface area contributed by atoms with Crippen LogP contribution in [0.4, 0.5) is 0 Å². The molecule has 0 N–H and O–H groups in total. The summed E-state index contributed by atoms with van der Waals surface area (Å²) in [5.74, 6) is 0.0640. The van der Waals surface area contributed by atoms with Crippen molar-refractivity contribution in [2.75, 3.05) is 0 Å². The lowest BCUT2D eigenvalue weighted by Gasteiger charge is -2.15. The minimum Gasteiger partial charge on any atom is -0.841 e. The van der Waals surface area contributed by atoms with Crippen LogP contribution in [0.1, 0.15) is 16.0 Å². The molecule has 0 atom stereocenters. The van der Waals surface area contributed by atoms with Gasteiger partial charge in [-0.15, -0.1) is 0 Å². The monoisotopic (exact) mass is 268 g/mol.